The molecule has 0 aliphatic rings. The second-order valence-corrected chi connectivity index (χ2v) is 3.19. The molecule has 1 aromatic carbocycles. The van der Waals surface area contributed by atoms with Crippen LogP contribution in [0.2, 0.25) is 0 Å². The van der Waals surface area contributed by atoms with Gasteiger partial charge in [0.2, 0.25) is 0 Å². The molecule has 0 aliphatic carbocycles. The minimum absolute atomic E-state index is 0.0978. The van der Waals surface area contributed by atoms with Gasteiger partial charge in [0.1, 0.15) is 16.9 Å². The Bertz CT molecular complexity index is 405. The summed E-state index contributed by atoms with van der Waals surface area (Å²) in [5.74, 6) is -0.641. The van der Waals surface area contributed by atoms with Crippen molar-refractivity contribution in [3.05, 3.63) is 47.0 Å². The van der Waals surface area contributed by atoms with Crippen LogP contribution in [0, 0.1) is 10.1 Å². The van der Waals surface area contributed by atoms with Crippen molar-refractivity contribution in [2.24, 2.45) is 0 Å². The Kier molecular flexibility index (Phi) is 3.87. The van der Waals surface area contributed by atoms with Gasteiger partial charge < -0.3 is 4.18 Å². The highest BCUT2D eigenvalue weighted by atomic mass is 32.2. The lowest BCUT2D eigenvalue weighted by Crippen LogP contribution is -1.94. The molecule has 0 aliphatic heterocycles. The number of carbonyl (C=O) groups excluding carboxylic acids is 1. The molecule has 0 N–H and O–H groups in total. The van der Waals surface area contributed by atoms with Crippen LogP contribution in [0.3, 0.4) is 0 Å². The van der Waals surface area contributed by atoms with Crippen molar-refractivity contribution in [2.75, 3.05) is 0 Å². The fraction of sp³-hybridized carbons (Fsp3) is 0. The van der Waals surface area contributed by atoms with E-state index < -0.39 is 10.9 Å². The average Bonchev–Trinajstić information content (AvgIpc) is 2.26. The minimum atomic E-state index is -0.641. The first-order valence-electron chi connectivity index (χ1n) is 3.89. The van der Waals surface area contributed by atoms with Crippen LogP contribution in [0.4, 0.5) is 5.69 Å². The molecule has 0 spiro atoms. The third-order valence-electron chi connectivity index (χ3n) is 1.44. The summed E-state index contributed by atoms with van der Waals surface area (Å²) in [6.45, 7) is 3.21. The highest BCUT2D eigenvalue weighted by molar-refractivity contribution is 7.95. The van der Waals surface area contributed by atoms with Crippen LogP contribution in [0.5, 0.6) is 0 Å². The van der Waals surface area contributed by atoms with Gasteiger partial charge in [0.25, 0.3) is 5.69 Å². The van der Waals surface area contributed by atoms with Crippen LogP contribution in [0.25, 0.3) is 0 Å². The van der Waals surface area contributed by atoms with Gasteiger partial charge >= 0.3 is 5.97 Å². The van der Waals surface area contributed by atoms with Crippen LogP contribution in [-0.2, 0) is 8.98 Å². The van der Waals surface area contributed by atoms with E-state index in [4.69, 9.17) is 0 Å². The number of nitrogens with zero attached hydrogens (tertiary/aromatic N) is 1. The summed E-state index contributed by atoms with van der Waals surface area (Å²) in [5, 5.41) is 10.6. The Morgan fingerprint density at radius 1 is 1.53 bits per heavy atom. The molecule has 0 atom stereocenters. The summed E-state index contributed by atoms with van der Waals surface area (Å²) in [4.78, 5) is 21.0. The molecule has 0 unspecified atom stereocenters. The number of nitro groups is 1. The second kappa shape index (κ2) is 5.16. The SMILES string of the molecule is C=CC(=O)OSc1ccccc1[N+](=O)[O-]. The topological polar surface area (TPSA) is 69.4 Å². The molecule has 0 heterocycles. The summed E-state index contributed by atoms with van der Waals surface area (Å²) in [7, 11) is 0. The number of carbonyl (C=O) groups is 1. The molecule has 1 aromatic rings. The molecular weight excluding hydrogens is 218 g/mol. The lowest BCUT2D eigenvalue weighted by molar-refractivity contribution is -0.387. The normalized spacial score (nSPS) is 9.33. The summed E-state index contributed by atoms with van der Waals surface area (Å²) in [6, 6.07) is 6.00. The molecule has 15 heavy (non-hydrogen) atoms. The lowest BCUT2D eigenvalue weighted by atomic mass is 10.3. The molecule has 0 saturated carbocycles. The Labute approximate surface area is 90.1 Å². The van der Waals surface area contributed by atoms with E-state index in [1.165, 1.54) is 18.2 Å². The van der Waals surface area contributed by atoms with Crippen molar-refractivity contribution in [3.63, 3.8) is 0 Å². The molecule has 6 heteroatoms. The maximum Gasteiger partial charge on any atom is 0.342 e. The van der Waals surface area contributed by atoms with Gasteiger partial charge in [0.05, 0.1) is 4.92 Å². The third-order valence-corrected chi connectivity index (χ3v) is 2.21. The van der Waals surface area contributed by atoms with E-state index in [1.807, 2.05) is 0 Å². The standard InChI is InChI=1S/C9H7NO4S/c1-2-9(11)14-15-8-6-4-3-5-7(8)10(12)13/h2-6H,1H2. The molecule has 5 nitrogen and oxygen atoms in total. The third kappa shape index (κ3) is 3.10. The summed E-state index contributed by atoms with van der Waals surface area (Å²) >= 11 is 0.646. The fourth-order valence-corrected chi connectivity index (χ4v) is 1.40. The van der Waals surface area contributed by atoms with Crippen LogP contribution in [0.15, 0.2) is 41.8 Å². The molecule has 78 valence electrons. The minimum Gasteiger partial charge on any atom is -0.383 e. The van der Waals surface area contributed by atoms with Crippen molar-refractivity contribution in [3.8, 4) is 0 Å². The zero-order chi connectivity index (χ0) is 11.3. The van der Waals surface area contributed by atoms with E-state index in [1.54, 1.807) is 6.07 Å². The van der Waals surface area contributed by atoms with E-state index in [2.05, 4.69) is 10.8 Å². The predicted octanol–water partition coefficient (Wildman–Crippen LogP) is 2.33. The van der Waals surface area contributed by atoms with E-state index in [0.29, 0.717) is 12.0 Å². The number of para-hydroxylation sites is 1. The first kappa shape index (κ1) is 11.3. The second-order valence-electron chi connectivity index (χ2n) is 2.41. The van der Waals surface area contributed by atoms with E-state index in [9.17, 15) is 14.9 Å². The van der Waals surface area contributed by atoms with Gasteiger partial charge in [-0.25, -0.2) is 4.79 Å². The monoisotopic (exact) mass is 225 g/mol. The Morgan fingerprint density at radius 3 is 2.80 bits per heavy atom. The molecule has 0 bridgehead atoms. The Morgan fingerprint density at radius 2 is 2.20 bits per heavy atom. The maximum atomic E-state index is 10.7. The highest BCUT2D eigenvalue weighted by Gasteiger charge is 2.14. The van der Waals surface area contributed by atoms with Gasteiger partial charge in [-0.15, -0.1) is 0 Å². The van der Waals surface area contributed by atoms with Gasteiger partial charge in [-0.05, 0) is 6.07 Å². The van der Waals surface area contributed by atoms with E-state index >= 15 is 0 Å². The maximum absolute atomic E-state index is 10.7. The van der Waals surface area contributed by atoms with Gasteiger partial charge in [-0.2, -0.15) is 0 Å². The number of benzene rings is 1. The number of nitro benzene ring substituents is 1. The highest BCUT2D eigenvalue weighted by Crippen LogP contribution is 2.29. The van der Waals surface area contributed by atoms with E-state index in [0.717, 1.165) is 6.08 Å². The van der Waals surface area contributed by atoms with Crippen molar-refractivity contribution in [1.82, 2.24) is 0 Å². The van der Waals surface area contributed by atoms with Crippen molar-refractivity contribution in [2.45, 2.75) is 4.90 Å². The molecule has 0 fully saturated rings. The van der Waals surface area contributed by atoms with Crippen molar-refractivity contribution >= 4 is 23.7 Å². The zero-order valence-corrected chi connectivity index (χ0v) is 8.40. The van der Waals surface area contributed by atoms with Crippen molar-refractivity contribution in [1.29, 1.82) is 0 Å². The summed E-state index contributed by atoms with van der Waals surface area (Å²) in [5.41, 5.74) is -0.0978. The molecule has 1 rings (SSSR count). The largest absolute Gasteiger partial charge is 0.383 e. The molecule has 0 radical (unpaired) electrons. The fourth-order valence-electron chi connectivity index (χ4n) is 0.798. The molecule has 0 aromatic heterocycles. The van der Waals surface area contributed by atoms with E-state index in [-0.39, 0.29) is 10.6 Å². The van der Waals surface area contributed by atoms with Gasteiger partial charge in [-0.3, -0.25) is 10.1 Å². The van der Waals surface area contributed by atoms with Gasteiger partial charge in [-0.1, -0.05) is 18.7 Å². The zero-order valence-electron chi connectivity index (χ0n) is 7.58. The summed E-state index contributed by atoms with van der Waals surface area (Å²) < 4.78 is 4.62. The Hall–Kier alpha value is -1.82. The lowest BCUT2D eigenvalue weighted by Gasteiger charge is -2.00. The summed E-state index contributed by atoms with van der Waals surface area (Å²) in [6.07, 6.45) is 0.988. The number of hydrogen-bond donors (Lipinski definition) is 0. The van der Waals surface area contributed by atoms with Gasteiger partial charge in [0.15, 0.2) is 0 Å². The van der Waals surface area contributed by atoms with Gasteiger partial charge in [0, 0.05) is 12.1 Å². The molecule has 0 amide bonds. The first-order valence-corrected chi connectivity index (χ1v) is 4.63. The average molecular weight is 225 g/mol. The predicted molar refractivity (Wildman–Crippen MR) is 55.2 cm³/mol. The quantitative estimate of drug-likeness (QED) is 0.340. The van der Waals surface area contributed by atoms with Crippen molar-refractivity contribution < 1.29 is 13.9 Å². The van der Waals surface area contributed by atoms with Crippen LogP contribution >= 0.6 is 12.0 Å². The Balaban J connectivity index is 2.80. The van der Waals surface area contributed by atoms with Crippen LogP contribution < -0.4 is 0 Å². The molecular formula is C9H7NO4S. The smallest absolute Gasteiger partial charge is 0.342 e. The number of rotatable bonds is 4. The van der Waals surface area contributed by atoms with Crippen LogP contribution in [0.1, 0.15) is 0 Å². The molecule has 0 saturated heterocycles. The number of hydrogen-bond acceptors (Lipinski definition) is 5. The van der Waals surface area contributed by atoms with Crippen LogP contribution in [-0.4, -0.2) is 10.9 Å². The first-order chi connectivity index (χ1) is 7.15.